The topological polar surface area (TPSA) is 33.5 Å². The second-order valence-electron chi connectivity index (χ2n) is 28.1. The van der Waals surface area contributed by atoms with Gasteiger partial charge in [-0.25, -0.2) is 4.98 Å². The fraction of sp³-hybridized carbons (Fsp3) is 0.333. The maximum atomic E-state index is 7.13. The molecule has 0 saturated carbocycles. The average Bonchev–Trinajstić information content (AvgIpc) is 4.21. The van der Waals surface area contributed by atoms with Gasteiger partial charge in [-0.2, -0.15) is 6.07 Å². The zero-order valence-electron chi connectivity index (χ0n) is 51.3. The van der Waals surface area contributed by atoms with Gasteiger partial charge in [-0.05, 0) is 85.5 Å². The summed E-state index contributed by atoms with van der Waals surface area (Å²) in [5.74, 6) is 2.08. The summed E-state index contributed by atoms with van der Waals surface area (Å²) in [6.45, 7) is 44.0. The molecule has 0 saturated heterocycles. The number of nitrogens with zero attached hydrogens (tertiary/aromatic N) is 4. The van der Waals surface area contributed by atoms with Crippen molar-refractivity contribution < 1.29 is 25.8 Å². The number of hydrogen-bond acceptors (Lipinski definition) is 4. The molecule has 7 aromatic carbocycles. The first-order valence-corrected chi connectivity index (χ1v) is 28.7. The summed E-state index contributed by atoms with van der Waals surface area (Å²) in [7, 11) is 0. The number of hydrogen-bond donors (Lipinski definition) is 0. The molecule has 0 atom stereocenters. The van der Waals surface area contributed by atoms with E-state index in [0.717, 1.165) is 44.6 Å². The van der Waals surface area contributed by atoms with Gasteiger partial charge in [-0.3, -0.25) is 0 Å². The molecule has 0 spiro atoms. The molecule has 422 valence electrons. The maximum absolute atomic E-state index is 7.13. The van der Waals surface area contributed by atoms with Gasteiger partial charge in [0.1, 0.15) is 5.82 Å². The van der Waals surface area contributed by atoms with E-state index < -0.39 is 0 Å². The van der Waals surface area contributed by atoms with Gasteiger partial charge in [0.2, 0.25) is 0 Å². The van der Waals surface area contributed by atoms with E-state index in [9.17, 15) is 0 Å². The molecule has 2 aromatic heterocycles. The zero-order chi connectivity index (χ0) is 57.5. The SMILES string of the molecule is CC(C)(C)C1=C(C(C)(C)C)N(c2cc(C(C)(C)c3ccccc3)cc(C(C)(C)c3ccccc3)c2)[CH-]N1c1[c-]c(Oc2[c-]c3c(cc2)c2cc(C(C)(C)c4ccccc4)ccc2n3-c2cc(C(C)(C)C)ccn2)cc(C(C)(C)C)c1.[Pt]. The predicted molar refractivity (Wildman–Crippen MR) is 338 cm³/mol. The van der Waals surface area contributed by atoms with Gasteiger partial charge in [0.15, 0.2) is 0 Å². The summed E-state index contributed by atoms with van der Waals surface area (Å²) in [6, 6.07) is 67.6. The van der Waals surface area contributed by atoms with Gasteiger partial charge < -0.3 is 19.1 Å². The van der Waals surface area contributed by atoms with Crippen LogP contribution in [0, 0.1) is 29.6 Å². The summed E-state index contributed by atoms with van der Waals surface area (Å²) < 4.78 is 9.39. The molecule has 0 N–H and O–H groups in total. The van der Waals surface area contributed by atoms with E-state index in [1.54, 1.807) is 0 Å². The van der Waals surface area contributed by atoms with Gasteiger partial charge in [-0.15, -0.1) is 53.6 Å². The Morgan fingerprint density at radius 3 is 1.41 bits per heavy atom. The van der Waals surface area contributed by atoms with E-state index in [2.05, 4.69) is 322 Å². The van der Waals surface area contributed by atoms with Crippen LogP contribution in [0.25, 0.3) is 27.6 Å². The minimum Gasteiger partial charge on any atom is -0.509 e. The first kappa shape index (κ1) is 59.0. The normalized spacial score (nSPS) is 14.0. The molecule has 81 heavy (non-hydrogen) atoms. The molecule has 0 fully saturated rings. The maximum Gasteiger partial charge on any atom is 0.135 e. The standard InChI is InChI=1S/C75H83N4O.Pt/c1-69(2,3)53-38-39-76-66(46-53)79-64-37-34-54(73(13,14)50-28-22-19-23-29-50)45-63(64)62-36-35-60(48-65(62)79)80-61-44-55(70(4,5)6)41-59(47-61)78-49-77(67(71(7,8)9)68(78)72(10,11)12)58-42-56(74(15,16)51-30-24-20-25-31-51)40-57(43-58)75(17,18)52-32-26-21-27-33-52;/h19-46,49H,1-18H3;/q-3;. The Bertz CT molecular complexity index is 3710. The van der Waals surface area contributed by atoms with Crippen LogP contribution in [0.2, 0.25) is 0 Å². The predicted octanol–water partition coefficient (Wildman–Crippen LogP) is 19.9. The third-order valence-electron chi connectivity index (χ3n) is 16.9. The largest absolute Gasteiger partial charge is 0.509 e. The molecule has 0 amide bonds. The molecule has 0 aliphatic carbocycles. The van der Waals surface area contributed by atoms with Crippen molar-refractivity contribution in [2.45, 2.75) is 152 Å². The van der Waals surface area contributed by atoms with Crippen molar-refractivity contribution in [3.05, 3.63) is 245 Å². The van der Waals surface area contributed by atoms with Crippen molar-refractivity contribution in [3.8, 4) is 17.3 Å². The van der Waals surface area contributed by atoms with Gasteiger partial charge in [0.25, 0.3) is 0 Å². The average molecular weight is 1250 g/mol. The third-order valence-corrected chi connectivity index (χ3v) is 16.9. The number of rotatable bonds is 11. The second kappa shape index (κ2) is 21.3. The fourth-order valence-corrected chi connectivity index (χ4v) is 11.7. The summed E-state index contributed by atoms with van der Waals surface area (Å²) in [4.78, 5) is 9.91. The van der Waals surface area contributed by atoms with Crippen molar-refractivity contribution in [2.75, 3.05) is 9.80 Å². The van der Waals surface area contributed by atoms with Crippen LogP contribution in [0.4, 0.5) is 11.4 Å². The molecule has 0 radical (unpaired) electrons. The molecular formula is C75H83N4OPt-3. The molecule has 3 heterocycles. The Morgan fingerprint density at radius 2 is 0.901 bits per heavy atom. The van der Waals surface area contributed by atoms with Crippen LogP contribution in [-0.4, -0.2) is 9.55 Å². The summed E-state index contributed by atoms with van der Waals surface area (Å²) >= 11 is 0. The van der Waals surface area contributed by atoms with E-state index in [-0.39, 0.29) is 59.0 Å². The Labute approximate surface area is 499 Å². The number of aromatic nitrogens is 2. The number of anilines is 2. The molecule has 0 unspecified atom stereocenters. The Morgan fingerprint density at radius 1 is 0.395 bits per heavy atom. The van der Waals surface area contributed by atoms with Crippen LogP contribution in [0.1, 0.15) is 169 Å². The van der Waals surface area contributed by atoms with E-state index in [4.69, 9.17) is 9.72 Å². The minimum atomic E-state index is -0.290. The fourth-order valence-electron chi connectivity index (χ4n) is 11.7. The quantitative estimate of drug-likeness (QED) is 0.121. The van der Waals surface area contributed by atoms with Crippen molar-refractivity contribution in [1.82, 2.24) is 9.55 Å². The smallest absolute Gasteiger partial charge is 0.135 e. The summed E-state index contributed by atoms with van der Waals surface area (Å²) in [5.41, 5.74) is 14.8. The van der Waals surface area contributed by atoms with Crippen molar-refractivity contribution in [2.24, 2.45) is 10.8 Å². The van der Waals surface area contributed by atoms with Crippen molar-refractivity contribution in [3.63, 3.8) is 0 Å². The Balaban J connectivity index is 0.00000792. The first-order valence-electron chi connectivity index (χ1n) is 28.7. The summed E-state index contributed by atoms with van der Waals surface area (Å²) in [6.07, 6.45) is 1.93. The Hall–Kier alpha value is -6.68. The molecule has 9 aromatic rings. The Kier molecular flexibility index (Phi) is 15.5. The van der Waals surface area contributed by atoms with Crippen LogP contribution >= 0.6 is 0 Å². The minimum absolute atomic E-state index is 0. The second-order valence-corrected chi connectivity index (χ2v) is 28.1. The van der Waals surface area contributed by atoms with E-state index in [0.29, 0.717) is 11.5 Å². The van der Waals surface area contributed by atoms with Crippen molar-refractivity contribution >= 4 is 33.2 Å². The van der Waals surface area contributed by atoms with E-state index in [1.165, 1.54) is 50.3 Å². The van der Waals surface area contributed by atoms with Gasteiger partial charge in [0, 0.05) is 88.4 Å². The molecule has 10 rings (SSSR count). The van der Waals surface area contributed by atoms with Gasteiger partial charge >= 0.3 is 0 Å². The molecular weight excluding hydrogens is 1170 g/mol. The number of allylic oxidation sites excluding steroid dienone is 2. The molecule has 0 bridgehead atoms. The van der Waals surface area contributed by atoms with Gasteiger partial charge in [0.05, 0.1) is 0 Å². The van der Waals surface area contributed by atoms with E-state index >= 15 is 0 Å². The number of ether oxygens (including phenoxy) is 1. The monoisotopic (exact) mass is 1250 g/mol. The number of benzene rings is 7. The molecule has 6 heteroatoms. The van der Waals surface area contributed by atoms with E-state index in [1.807, 2.05) is 6.20 Å². The first-order chi connectivity index (χ1) is 37.4. The zero-order valence-corrected chi connectivity index (χ0v) is 53.5. The third kappa shape index (κ3) is 11.3. The van der Waals surface area contributed by atoms with Crippen molar-refractivity contribution in [1.29, 1.82) is 0 Å². The molecule has 1 aliphatic heterocycles. The van der Waals surface area contributed by atoms with Gasteiger partial charge in [-0.1, -0.05) is 239 Å². The van der Waals surface area contributed by atoms with Crippen LogP contribution in [-0.2, 0) is 48.1 Å². The molecule has 1 aliphatic rings. The molecule has 5 nitrogen and oxygen atoms in total. The van der Waals surface area contributed by atoms with Crippen LogP contribution in [0.5, 0.6) is 11.5 Å². The number of fused-ring (bicyclic) bond motifs is 3. The van der Waals surface area contributed by atoms with Crippen LogP contribution in [0.3, 0.4) is 0 Å². The number of pyridine rings is 1. The summed E-state index contributed by atoms with van der Waals surface area (Å²) in [5, 5.41) is 2.23. The van der Waals surface area contributed by atoms with Crippen LogP contribution < -0.4 is 14.5 Å². The van der Waals surface area contributed by atoms with Crippen LogP contribution in [0.15, 0.2) is 181 Å².